The van der Waals surface area contributed by atoms with E-state index >= 15 is 0 Å². The van der Waals surface area contributed by atoms with E-state index in [0.29, 0.717) is 10.6 Å². The van der Waals surface area contributed by atoms with Crippen molar-refractivity contribution in [3.8, 4) is 11.1 Å². The molecule has 2 aromatic rings. The maximum Gasteiger partial charge on any atom is 0.194 e. The quantitative estimate of drug-likeness (QED) is 0.530. The normalized spacial score (nSPS) is 10.8. The summed E-state index contributed by atoms with van der Waals surface area (Å²) < 4.78 is 39.3. The van der Waals surface area contributed by atoms with E-state index in [1.54, 1.807) is 18.2 Å². The van der Waals surface area contributed by atoms with Crippen molar-refractivity contribution in [3.63, 3.8) is 0 Å². The van der Waals surface area contributed by atoms with Crippen LogP contribution in [0.2, 0.25) is 5.02 Å². The Morgan fingerprint density at radius 2 is 1.63 bits per heavy atom. The molecule has 0 aromatic heterocycles. The fourth-order valence-electron chi connectivity index (χ4n) is 1.67. The maximum absolute atomic E-state index is 13.2. The van der Waals surface area contributed by atoms with Gasteiger partial charge in [0.05, 0.1) is 5.02 Å². The zero-order valence-corrected chi connectivity index (χ0v) is 11.6. The largest absolute Gasteiger partial charge is 0.204 e. The summed E-state index contributed by atoms with van der Waals surface area (Å²) >= 11 is 7.55. The summed E-state index contributed by atoms with van der Waals surface area (Å²) in [5.41, 5.74) is 0.879. The average Bonchev–Trinajstić information content (AvgIpc) is 2.38. The number of rotatable bonds is 3. The molecule has 0 heterocycles. The van der Waals surface area contributed by atoms with Gasteiger partial charge in [-0.3, -0.25) is 0 Å². The predicted molar refractivity (Wildman–Crippen MR) is 73.2 cm³/mol. The summed E-state index contributed by atoms with van der Waals surface area (Å²) in [4.78, 5) is 0.826. The van der Waals surface area contributed by atoms with Crippen LogP contribution in [-0.4, -0.2) is 5.75 Å². The summed E-state index contributed by atoms with van der Waals surface area (Å²) in [6.45, 7) is 1.98. The summed E-state index contributed by atoms with van der Waals surface area (Å²) in [7, 11) is 0. The molecule has 0 fully saturated rings. The topological polar surface area (TPSA) is 0 Å². The minimum atomic E-state index is -1.46. The molecule has 5 heteroatoms. The lowest BCUT2D eigenvalue weighted by atomic mass is 10.1. The first-order valence-corrected chi connectivity index (χ1v) is 6.96. The highest BCUT2D eigenvalue weighted by atomic mass is 35.5. The second-order valence-electron chi connectivity index (χ2n) is 3.83. The molecule has 0 saturated carbocycles. The summed E-state index contributed by atoms with van der Waals surface area (Å²) in [6, 6.07) is 6.99. The molecule has 0 unspecified atom stereocenters. The highest BCUT2D eigenvalue weighted by Crippen LogP contribution is 2.32. The summed E-state index contributed by atoms with van der Waals surface area (Å²) in [5.74, 6) is -3.03. The van der Waals surface area contributed by atoms with Gasteiger partial charge in [0.15, 0.2) is 17.5 Å². The van der Waals surface area contributed by atoms with Crippen LogP contribution in [0.1, 0.15) is 6.92 Å². The fraction of sp³-hybridized carbons (Fsp3) is 0.143. The molecule has 0 atom stereocenters. The average molecular weight is 303 g/mol. The molecule has 0 nitrogen and oxygen atoms in total. The van der Waals surface area contributed by atoms with Gasteiger partial charge in [0.2, 0.25) is 0 Å². The molecule has 2 rings (SSSR count). The fourth-order valence-corrected chi connectivity index (χ4v) is 2.68. The molecule has 0 aliphatic heterocycles. The van der Waals surface area contributed by atoms with E-state index in [-0.39, 0.29) is 5.56 Å². The third-order valence-electron chi connectivity index (χ3n) is 2.55. The van der Waals surface area contributed by atoms with Gasteiger partial charge in [-0.2, -0.15) is 0 Å². The van der Waals surface area contributed by atoms with Crippen LogP contribution < -0.4 is 0 Å². The SMILES string of the molecule is CCSc1cc(-c2cc(F)c(F)c(F)c2)ccc1Cl. The van der Waals surface area contributed by atoms with Gasteiger partial charge in [0.25, 0.3) is 0 Å². The van der Waals surface area contributed by atoms with E-state index in [1.165, 1.54) is 11.8 Å². The summed E-state index contributed by atoms with van der Waals surface area (Å²) in [6.07, 6.45) is 0. The Hall–Kier alpha value is -1.13. The Balaban J connectivity index is 2.50. The van der Waals surface area contributed by atoms with Gasteiger partial charge in [-0.15, -0.1) is 11.8 Å². The first-order chi connectivity index (χ1) is 9.02. The first kappa shape index (κ1) is 14.3. The molecule has 19 heavy (non-hydrogen) atoms. The van der Waals surface area contributed by atoms with Crippen LogP contribution in [0.4, 0.5) is 13.2 Å². The lowest BCUT2D eigenvalue weighted by Crippen LogP contribution is -1.92. The van der Waals surface area contributed by atoms with Crippen LogP contribution in [0.3, 0.4) is 0 Å². The van der Waals surface area contributed by atoms with Gasteiger partial charge < -0.3 is 0 Å². The zero-order chi connectivity index (χ0) is 14.0. The van der Waals surface area contributed by atoms with E-state index in [9.17, 15) is 13.2 Å². The van der Waals surface area contributed by atoms with Crippen LogP contribution in [-0.2, 0) is 0 Å². The zero-order valence-electron chi connectivity index (χ0n) is 10.0. The molecule has 0 radical (unpaired) electrons. The second-order valence-corrected chi connectivity index (χ2v) is 5.55. The Labute approximate surface area is 118 Å². The van der Waals surface area contributed by atoms with Crippen molar-refractivity contribution >= 4 is 23.4 Å². The van der Waals surface area contributed by atoms with Crippen molar-refractivity contribution in [3.05, 3.63) is 52.8 Å². The minimum absolute atomic E-state index is 0.283. The number of benzene rings is 2. The van der Waals surface area contributed by atoms with E-state index in [1.807, 2.05) is 6.92 Å². The van der Waals surface area contributed by atoms with Crippen LogP contribution in [0.5, 0.6) is 0 Å². The molecule has 0 bridgehead atoms. The van der Waals surface area contributed by atoms with E-state index < -0.39 is 17.5 Å². The highest BCUT2D eigenvalue weighted by Gasteiger charge is 2.12. The third-order valence-corrected chi connectivity index (χ3v) is 3.93. The minimum Gasteiger partial charge on any atom is -0.204 e. The van der Waals surface area contributed by atoms with Crippen LogP contribution in [0.15, 0.2) is 35.2 Å². The van der Waals surface area contributed by atoms with Crippen molar-refractivity contribution in [2.75, 3.05) is 5.75 Å². The molecule has 0 N–H and O–H groups in total. The van der Waals surface area contributed by atoms with Gasteiger partial charge >= 0.3 is 0 Å². The number of thioether (sulfide) groups is 1. The first-order valence-electron chi connectivity index (χ1n) is 5.60. The van der Waals surface area contributed by atoms with Crippen molar-refractivity contribution in [1.29, 1.82) is 0 Å². The second kappa shape index (κ2) is 5.88. The summed E-state index contributed by atoms with van der Waals surface area (Å²) in [5, 5.41) is 0.582. The van der Waals surface area contributed by atoms with E-state index in [0.717, 1.165) is 22.8 Å². The Morgan fingerprint density at radius 1 is 1.00 bits per heavy atom. The van der Waals surface area contributed by atoms with Gasteiger partial charge in [0, 0.05) is 4.90 Å². The van der Waals surface area contributed by atoms with E-state index in [2.05, 4.69) is 0 Å². The maximum atomic E-state index is 13.2. The lowest BCUT2D eigenvalue weighted by molar-refractivity contribution is 0.447. The molecule has 0 aliphatic rings. The van der Waals surface area contributed by atoms with Gasteiger partial charge in [0.1, 0.15) is 0 Å². The van der Waals surface area contributed by atoms with Crippen molar-refractivity contribution in [2.24, 2.45) is 0 Å². The van der Waals surface area contributed by atoms with Crippen LogP contribution >= 0.6 is 23.4 Å². The molecule has 0 aliphatic carbocycles. The molecule has 100 valence electrons. The predicted octanol–water partition coefficient (Wildman–Crippen LogP) is 5.54. The Morgan fingerprint density at radius 3 is 2.21 bits per heavy atom. The third kappa shape index (κ3) is 3.07. The lowest BCUT2D eigenvalue weighted by Gasteiger charge is -2.07. The highest BCUT2D eigenvalue weighted by molar-refractivity contribution is 7.99. The Bertz CT molecular complexity index is 591. The molecular weight excluding hydrogens is 293 g/mol. The molecule has 0 saturated heterocycles. The van der Waals surface area contributed by atoms with Crippen molar-refractivity contribution in [1.82, 2.24) is 0 Å². The van der Waals surface area contributed by atoms with Crippen LogP contribution in [0.25, 0.3) is 11.1 Å². The number of hydrogen-bond acceptors (Lipinski definition) is 1. The van der Waals surface area contributed by atoms with Crippen LogP contribution in [0, 0.1) is 17.5 Å². The monoisotopic (exact) mass is 302 g/mol. The standard InChI is InChI=1S/C14H10ClF3S/c1-2-19-13-7-8(3-4-10(13)15)9-5-11(16)14(18)12(17)6-9/h3-7H,2H2,1H3. The van der Waals surface area contributed by atoms with Crippen molar-refractivity contribution < 1.29 is 13.2 Å². The Kier molecular flexibility index (Phi) is 4.42. The molecule has 0 spiro atoms. The van der Waals surface area contributed by atoms with E-state index in [4.69, 9.17) is 11.6 Å². The van der Waals surface area contributed by atoms with Gasteiger partial charge in [-0.1, -0.05) is 24.6 Å². The number of hydrogen-bond donors (Lipinski definition) is 0. The number of halogens is 4. The molecule has 2 aromatic carbocycles. The molecule has 0 amide bonds. The smallest absolute Gasteiger partial charge is 0.194 e. The van der Waals surface area contributed by atoms with Gasteiger partial charge in [-0.25, -0.2) is 13.2 Å². The molecular formula is C14H10ClF3S. The van der Waals surface area contributed by atoms with Crippen molar-refractivity contribution in [2.45, 2.75) is 11.8 Å². The van der Waals surface area contributed by atoms with Gasteiger partial charge in [-0.05, 0) is 41.1 Å².